The van der Waals surface area contributed by atoms with Gasteiger partial charge in [0.1, 0.15) is 0 Å². The lowest BCUT2D eigenvalue weighted by Gasteiger charge is -2.18. The number of carbonyl (C=O) groups excluding carboxylic acids is 1. The van der Waals surface area contributed by atoms with Crippen molar-refractivity contribution in [3.8, 4) is 0 Å². The molecule has 0 saturated carbocycles. The molecule has 0 rings (SSSR count). The number of rotatable bonds is 3. The third-order valence-corrected chi connectivity index (χ3v) is 1.17. The molecule has 0 aliphatic heterocycles. The Balaban J connectivity index is 4.25. The van der Waals surface area contributed by atoms with Crippen LogP contribution in [0.5, 0.6) is 0 Å². The van der Waals surface area contributed by atoms with E-state index >= 15 is 0 Å². The topological polar surface area (TPSA) is 63.6 Å². The van der Waals surface area contributed by atoms with Crippen molar-refractivity contribution >= 4 is 11.9 Å². The predicted molar refractivity (Wildman–Crippen MR) is 42.6 cm³/mol. The zero-order valence-corrected chi connectivity index (χ0v) is 7.33. The molecule has 0 atom stereocenters. The highest BCUT2D eigenvalue weighted by molar-refractivity contribution is 5.86. The molecule has 0 fully saturated rings. The van der Waals surface area contributed by atoms with Gasteiger partial charge in [-0.2, -0.15) is 0 Å². The second-order valence-electron chi connectivity index (χ2n) is 2.74. The molecule has 0 bridgehead atoms. The molecular formula is C8H12O4. The van der Waals surface area contributed by atoms with Crippen LogP contribution in [0, 0.1) is 0 Å². The number of ether oxygens (including phenoxy) is 1. The van der Waals surface area contributed by atoms with E-state index in [-0.39, 0.29) is 0 Å². The molecule has 0 aliphatic carbocycles. The molecule has 4 heteroatoms. The van der Waals surface area contributed by atoms with E-state index in [4.69, 9.17) is 5.11 Å². The van der Waals surface area contributed by atoms with Crippen molar-refractivity contribution in [2.45, 2.75) is 26.4 Å². The lowest BCUT2D eigenvalue weighted by Crippen LogP contribution is -2.36. The Bertz CT molecular complexity index is 215. The lowest BCUT2D eigenvalue weighted by molar-refractivity contribution is -0.171. The third-order valence-electron chi connectivity index (χ3n) is 1.17. The van der Waals surface area contributed by atoms with E-state index in [1.165, 1.54) is 26.0 Å². The second-order valence-corrected chi connectivity index (χ2v) is 2.74. The maximum atomic E-state index is 10.8. The number of carbonyl (C=O) groups is 2. The van der Waals surface area contributed by atoms with Gasteiger partial charge in [0.2, 0.25) is 5.60 Å². The largest absolute Gasteiger partial charge is 0.478 e. The van der Waals surface area contributed by atoms with Gasteiger partial charge in [0.25, 0.3) is 0 Å². The van der Waals surface area contributed by atoms with Crippen molar-refractivity contribution in [2.75, 3.05) is 0 Å². The fourth-order valence-electron chi connectivity index (χ4n) is 0.465. The fourth-order valence-corrected chi connectivity index (χ4v) is 0.465. The molecule has 0 aromatic heterocycles. The SMILES string of the molecule is CC=CC(=O)OC(C)(C)C(=O)O. The summed E-state index contributed by atoms with van der Waals surface area (Å²) in [5.41, 5.74) is -1.46. The van der Waals surface area contributed by atoms with Crippen LogP contribution in [0.2, 0.25) is 0 Å². The van der Waals surface area contributed by atoms with Gasteiger partial charge in [-0.3, -0.25) is 0 Å². The van der Waals surface area contributed by atoms with E-state index in [2.05, 4.69) is 4.74 Å². The van der Waals surface area contributed by atoms with Crippen LogP contribution < -0.4 is 0 Å². The number of carboxylic acids is 1. The fraction of sp³-hybridized carbons (Fsp3) is 0.500. The van der Waals surface area contributed by atoms with E-state index in [9.17, 15) is 9.59 Å². The molecule has 12 heavy (non-hydrogen) atoms. The monoisotopic (exact) mass is 172 g/mol. The van der Waals surface area contributed by atoms with Crippen molar-refractivity contribution < 1.29 is 19.4 Å². The Labute approximate surface area is 70.8 Å². The Morgan fingerprint density at radius 2 is 1.92 bits per heavy atom. The molecule has 0 aliphatic rings. The second kappa shape index (κ2) is 3.90. The molecule has 0 amide bonds. The van der Waals surface area contributed by atoms with Crippen molar-refractivity contribution in [1.29, 1.82) is 0 Å². The Hall–Kier alpha value is -1.32. The van der Waals surface area contributed by atoms with Crippen molar-refractivity contribution in [3.63, 3.8) is 0 Å². The highest BCUT2D eigenvalue weighted by atomic mass is 16.6. The third kappa shape index (κ3) is 3.18. The van der Waals surface area contributed by atoms with Gasteiger partial charge in [-0.05, 0) is 20.8 Å². The van der Waals surface area contributed by atoms with Crippen LogP contribution in [0.25, 0.3) is 0 Å². The smallest absolute Gasteiger partial charge is 0.347 e. The van der Waals surface area contributed by atoms with Gasteiger partial charge < -0.3 is 9.84 Å². The van der Waals surface area contributed by atoms with Crippen LogP contribution in [-0.4, -0.2) is 22.6 Å². The van der Waals surface area contributed by atoms with Crippen molar-refractivity contribution in [1.82, 2.24) is 0 Å². The summed E-state index contributed by atoms with van der Waals surface area (Å²) in [5, 5.41) is 8.56. The maximum Gasteiger partial charge on any atom is 0.347 e. The summed E-state index contributed by atoms with van der Waals surface area (Å²) in [6.45, 7) is 4.28. The molecule has 0 aromatic rings. The summed E-state index contributed by atoms with van der Waals surface area (Å²) in [6.07, 6.45) is 2.66. The first-order valence-corrected chi connectivity index (χ1v) is 3.49. The molecule has 4 nitrogen and oxygen atoms in total. The molecule has 0 radical (unpaired) electrons. The highest BCUT2D eigenvalue weighted by Gasteiger charge is 2.30. The minimum Gasteiger partial charge on any atom is -0.478 e. The average Bonchev–Trinajstić information content (AvgIpc) is 1.85. The number of esters is 1. The number of hydrogen-bond acceptors (Lipinski definition) is 3. The van der Waals surface area contributed by atoms with Crippen molar-refractivity contribution in [2.24, 2.45) is 0 Å². The van der Waals surface area contributed by atoms with Crippen LogP contribution >= 0.6 is 0 Å². The van der Waals surface area contributed by atoms with Gasteiger partial charge in [-0.25, -0.2) is 9.59 Å². The molecule has 68 valence electrons. The number of aliphatic carboxylic acids is 1. The summed E-state index contributed by atoms with van der Waals surface area (Å²) in [6, 6.07) is 0. The first-order chi connectivity index (χ1) is 5.40. The predicted octanol–water partition coefficient (Wildman–Crippen LogP) is 0.969. The van der Waals surface area contributed by atoms with Gasteiger partial charge in [-0.15, -0.1) is 0 Å². The van der Waals surface area contributed by atoms with E-state index in [1.807, 2.05) is 0 Å². The van der Waals surface area contributed by atoms with E-state index in [0.29, 0.717) is 0 Å². The first-order valence-electron chi connectivity index (χ1n) is 3.49. The minimum absolute atomic E-state index is 0.648. The molecule has 0 unspecified atom stereocenters. The summed E-state index contributed by atoms with van der Waals surface area (Å²) < 4.78 is 4.61. The zero-order chi connectivity index (χ0) is 9.78. The van der Waals surface area contributed by atoms with Gasteiger partial charge in [0.15, 0.2) is 0 Å². The van der Waals surface area contributed by atoms with E-state index < -0.39 is 17.5 Å². The molecule has 0 heterocycles. The maximum absolute atomic E-state index is 10.8. The standard InChI is InChI=1S/C8H12O4/c1-4-5-6(9)12-8(2,3)7(10)11/h4-5H,1-3H3,(H,10,11). The average molecular weight is 172 g/mol. The Kier molecular flexibility index (Phi) is 3.47. The van der Waals surface area contributed by atoms with Gasteiger partial charge in [0.05, 0.1) is 0 Å². The molecule has 0 aromatic carbocycles. The summed E-state index contributed by atoms with van der Waals surface area (Å²) in [5.74, 6) is -1.81. The van der Waals surface area contributed by atoms with Crippen molar-refractivity contribution in [3.05, 3.63) is 12.2 Å². The van der Waals surface area contributed by atoms with Gasteiger partial charge in [0, 0.05) is 6.08 Å². The van der Waals surface area contributed by atoms with E-state index in [0.717, 1.165) is 0 Å². The van der Waals surface area contributed by atoms with Crippen LogP contribution in [0.15, 0.2) is 12.2 Å². The molecular weight excluding hydrogens is 160 g/mol. The van der Waals surface area contributed by atoms with Crippen LogP contribution in [0.3, 0.4) is 0 Å². The number of allylic oxidation sites excluding steroid dienone is 1. The number of carboxylic acid groups (broad SMARTS) is 1. The summed E-state index contributed by atoms with van der Waals surface area (Å²) >= 11 is 0. The number of hydrogen-bond donors (Lipinski definition) is 1. The zero-order valence-electron chi connectivity index (χ0n) is 7.33. The van der Waals surface area contributed by atoms with Crippen LogP contribution in [0.4, 0.5) is 0 Å². The lowest BCUT2D eigenvalue weighted by atomic mass is 10.1. The summed E-state index contributed by atoms with van der Waals surface area (Å²) in [4.78, 5) is 21.3. The Morgan fingerprint density at radius 1 is 1.42 bits per heavy atom. The first kappa shape index (κ1) is 10.7. The van der Waals surface area contributed by atoms with Crippen LogP contribution in [0.1, 0.15) is 20.8 Å². The summed E-state index contributed by atoms with van der Waals surface area (Å²) in [7, 11) is 0. The van der Waals surface area contributed by atoms with Gasteiger partial charge >= 0.3 is 11.9 Å². The molecule has 1 N–H and O–H groups in total. The van der Waals surface area contributed by atoms with E-state index in [1.54, 1.807) is 6.92 Å². The normalized spacial score (nSPS) is 11.6. The highest BCUT2D eigenvalue weighted by Crippen LogP contribution is 2.09. The van der Waals surface area contributed by atoms with Gasteiger partial charge in [-0.1, -0.05) is 6.08 Å². The van der Waals surface area contributed by atoms with Crippen LogP contribution in [-0.2, 0) is 14.3 Å². The molecule has 0 saturated heterocycles. The minimum atomic E-state index is -1.46. The molecule has 0 spiro atoms. The Morgan fingerprint density at radius 3 is 2.25 bits per heavy atom. The quantitative estimate of drug-likeness (QED) is 0.509.